The highest BCUT2D eigenvalue weighted by Crippen LogP contribution is 2.42. The molecular formula is C22H26Cl2N6O3. The molecule has 0 spiro atoms. The van der Waals surface area contributed by atoms with E-state index >= 15 is 0 Å². The molecule has 0 unspecified atom stereocenters. The molecule has 2 amide bonds. The van der Waals surface area contributed by atoms with Crippen molar-refractivity contribution in [1.29, 1.82) is 0 Å². The van der Waals surface area contributed by atoms with E-state index in [1.807, 2.05) is 0 Å². The number of fused-ring (bicyclic) bond motifs is 1. The molecular weight excluding hydrogens is 467 g/mol. The molecule has 0 radical (unpaired) electrons. The number of nitrogens with one attached hydrogen (secondary N) is 1. The van der Waals surface area contributed by atoms with E-state index in [-0.39, 0.29) is 18.0 Å². The summed E-state index contributed by atoms with van der Waals surface area (Å²) in [5.74, 6) is 0.653. The number of urea groups is 1. The molecule has 1 aromatic heterocycles. The summed E-state index contributed by atoms with van der Waals surface area (Å²) in [4.78, 5) is 25.5. The number of hydrogen-bond donors (Lipinski definition) is 2. The lowest BCUT2D eigenvalue weighted by Gasteiger charge is -2.26. The Morgan fingerprint density at radius 3 is 2.76 bits per heavy atom. The Kier molecular flexibility index (Phi) is 6.47. The van der Waals surface area contributed by atoms with Crippen LogP contribution in [0.4, 0.5) is 10.7 Å². The van der Waals surface area contributed by atoms with Gasteiger partial charge in [-0.1, -0.05) is 23.2 Å². The Hall–Kier alpha value is -2.33. The first kappa shape index (κ1) is 22.5. The molecule has 0 bridgehead atoms. The zero-order valence-electron chi connectivity index (χ0n) is 18.1. The van der Waals surface area contributed by atoms with Crippen molar-refractivity contribution in [2.75, 3.05) is 45.2 Å². The third-order valence-corrected chi connectivity index (χ3v) is 6.53. The van der Waals surface area contributed by atoms with Crippen LogP contribution in [0.2, 0.25) is 10.0 Å². The average Bonchev–Trinajstić information content (AvgIpc) is 3.49. The Balaban J connectivity index is 1.41. The molecule has 1 aliphatic carbocycles. The number of halogens is 2. The van der Waals surface area contributed by atoms with Crippen molar-refractivity contribution in [3.05, 3.63) is 33.4 Å². The molecule has 1 saturated heterocycles. The second kappa shape index (κ2) is 9.50. The Bertz CT molecular complexity index is 1060. The van der Waals surface area contributed by atoms with Crippen LogP contribution in [0.5, 0.6) is 5.75 Å². The lowest BCUT2D eigenvalue weighted by molar-refractivity contribution is 0.0323. The van der Waals surface area contributed by atoms with Crippen LogP contribution in [0, 0.1) is 0 Å². The maximum Gasteiger partial charge on any atom is 0.318 e. The summed E-state index contributed by atoms with van der Waals surface area (Å²) >= 11 is 12.9. The van der Waals surface area contributed by atoms with Gasteiger partial charge in [0.25, 0.3) is 0 Å². The number of benzene rings is 1. The van der Waals surface area contributed by atoms with Crippen molar-refractivity contribution < 1.29 is 14.3 Å². The Labute approximate surface area is 202 Å². The van der Waals surface area contributed by atoms with Crippen molar-refractivity contribution in [2.45, 2.75) is 32.0 Å². The maximum atomic E-state index is 12.6. The molecule has 9 nitrogen and oxygen atoms in total. The summed E-state index contributed by atoms with van der Waals surface area (Å²) < 4.78 is 11.5. The van der Waals surface area contributed by atoms with E-state index in [4.69, 9.17) is 38.4 Å². The number of morpholine rings is 1. The minimum atomic E-state index is -0.107. The summed E-state index contributed by atoms with van der Waals surface area (Å²) in [6.07, 6.45) is 2.05. The van der Waals surface area contributed by atoms with Gasteiger partial charge < -0.3 is 25.4 Å². The van der Waals surface area contributed by atoms with Crippen LogP contribution in [-0.2, 0) is 17.8 Å². The van der Waals surface area contributed by atoms with Gasteiger partial charge in [0.05, 0.1) is 48.3 Å². The van der Waals surface area contributed by atoms with Crippen LogP contribution in [0.1, 0.15) is 24.1 Å². The number of hydrogen-bond acceptors (Lipinski definition) is 7. The number of nitrogen functional groups attached to an aromatic ring is 1. The van der Waals surface area contributed by atoms with Gasteiger partial charge in [-0.3, -0.25) is 4.90 Å². The number of anilines is 1. The van der Waals surface area contributed by atoms with Gasteiger partial charge in [-0.25, -0.2) is 14.8 Å². The van der Waals surface area contributed by atoms with Gasteiger partial charge in [0.1, 0.15) is 12.4 Å². The summed E-state index contributed by atoms with van der Waals surface area (Å²) in [6.45, 7) is 5.16. The van der Waals surface area contributed by atoms with Crippen LogP contribution in [0.3, 0.4) is 0 Å². The van der Waals surface area contributed by atoms with Gasteiger partial charge >= 0.3 is 6.03 Å². The monoisotopic (exact) mass is 492 g/mol. The topological polar surface area (TPSA) is 106 Å². The van der Waals surface area contributed by atoms with E-state index in [0.29, 0.717) is 52.4 Å². The summed E-state index contributed by atoms with van der Waals surface area (Å²) in [5.41, 5.74) is 8.75. The molecule has 2 fully saturated rings. The van der Waals surface area contributed by atoms with Gasteiger partial charge in [-0.15, -0.1) is 0 Å². The standard InChI is InChI=1S/C22H26Cl2N6O3/c23-13-9-16(24)19(18(10-13)33-8-5-29-3-6-32-7-4-29)20-15-11-30(22(31)26-14-1-2-14)12-17(15)27-21(25)28-20/h9-10,14H,1-8,11-12H2,(H,26,31)(H2,25,27,28). The van der Waals surface area contributed by atoms with E-state index in [0.717, 1.165) is 51.3 Å². The SMILES string of the molecule is Nc1nc2c(c(-c3c(Cl)cc(Cl)cc3OCCN3CCOCC3)n1)CN(C(=O)NC1CC1)C2. The summed E-state index contributed by atoms with van der Waals surface area (Å²) in [5, 5.41) is 3.89. The second-order valence-corrected chi connectivity index (χ2v) is 9.34. The molecule has 3 aliphatic rings. The first-order chi connectivity index (χ1) is 16.0. The zero-order valence-corrected chi connectivity index (χ0v) is 19.7. The highest BCUT2D eigenvalue weighted by atomic mass is 35.5. The summed E-state index contributed by atoms with van der Waals surface area (Å²) in [6, 6.07) is 3.56. The third kappa shape index (κ3) is 5.11. The number of nitrogens with zero attached hydrogens (tertiary/aromatic N) is 4. The molecule has 2 aromatic rings. The number of aromatic nitrogens is 2. The number of carbonyl (C=O) groups is 1. The highest BCUT2D eigenvalue weighted by molar-refractivity contribution is 6.37. The molecule has 0 atom stereocenters. The largest absolute Gasteiger partial charge is 0.491 e. The lowest BCUT2D eigenvalue weighted by atomic mass is 10.0. The fraction of sp³-hybridized carbons (Fsp3) is 0.500. The fourth-order valence-corrected chi connectivity index (χ4v) is 4.69. The van der Waals surface area contributed by atoms with E-state index in [2.05, 4.69) is 20.2 Å². The van der Waals surface area contributed by atoms with E-state index in [9.17, 15) is 4.79 Å². The van der Waals surface area contributed by atoms with Crippen molar-refractivity contribution >= 4 is 35.2 Å². The predicted octanol–water partition coefficient (Wildman–Crippen LogP) is 2.93. The van der Waals surface area contributed by atoms with Crippen molar-refractivity contribution in [2.24, 2.45) is 0 Å². The minimum Gasteiger partial charge on any atom is -0.491 e. The van der Waals surface area contributed by atoms with Gasteiger partial charge in [0.15, 0.2) is 0 Å². The number of ether oxygens (including phenoxy) is 2. The van der Waals surface area contributed by atoms with Crippen LogP contribution in [0.15, 0.2) is 12.1 Å². The maximum absolute atomic E-state index is 12.6. The second-order valence-electron chi connectivity index (χ2n) is 8.50. The number of carbonyl (C=O) groups excluding carboxylic acids is 1. The molecule has 1 aromatic carbocycles. The molecule has 1 saturated carbocycles. The van der Waals surface area contributed by atoms with Gasteiger partial charge in [-0.05, 0) is 25.0 Å². The summed E-state index contributed by atoms with van der Waals surface area (Å²) in [7, 11) is 0. The lowest BCUT2D eigenvalue weighted by Crippen LogP contribution is -2.38. The van der Waals surface area contributed by atoms with E-state index < -0.39 is 0 Å². The highest BCUT2D eigenvalue weighted by Gasteiger charge is 2.33. The molecule has 33 heavy (non-hydrogen) atoms. The number of nitrogens with two attached hydrogens (primary N) is 1. The number of rotatable bonds is 6. The van der Waals surface area contributed by atoms with Crippen LogP contribution < -0.4 is 15.8 Å². The van der Waals surface area contributed by atoms with Crippen molar-refractivity contribution in [3.8, 4) is 17.0 Å². The minimum absolute atomic E-state index is 0.107. The van der Waals surface area contributed by atoms with Crippen LogP contribution in [0.25, 0.3) is 11.3 Å². The average molecular weight is 493 g/mol. The van der Waals surface area contributed by atoms with Crippen molar-refractivity contribution in [3.63, 3.8) is 0 Å². The molecule has 3 N–H and O–H groups in total. The van der Waals surface area contributed by atoms with Crippen LogP contribution in [-0.4, -0.2) is 71.3 Å². The van der Waals surface area contributed by atoms with Crippen LogP contribution >= 0.6 is 23.2 Å². The predicted molar refractivity (Wildman–Crippen MR) is 125 cm³/mol. The first-order valence-corrected chi connectivity index (χ1v) is 11.9. The normalized spacial score (nSPS) is 18.3. The first-order valence-electron chi connectivity index (χ1n) is 11.1. The third-order valence-electron chi connectivity index (χ3n) is 6.02. The van der Waals surface area contributed by atoms with Gasteiger partial charge in [0.2, 0.25) is 5.95 Å². The van der Waals surface area contributed by atoms with Gasteiger partial charge in [0, 0.05) is 36.3 Å². The molecule has 5 rings (SSSR count). The Morgan fingerprint density at radius 1 is 1.21 bits per heavy atom. The smallest absolute Gasteiger partial charge is 0.318 e. The van der Waals surface area contributed by atoms with E-state index in [1.165, 1.54) is 0 Å². The molecule has 11 heteroatoms. The number of amides is 2. The Morgan fingerprint density at radius 2 is 2.00 bits per heavy atom. The zero-order chi connectivity index (χ0) is 22.9. The molecule has 2 aliphatic heterocycles. The van der Waals surface area contributed by atoms with Gasteiger partial charge in [-0.2, -0.15) is 0 Å². The quantitative estimate of drug-likeness (QED) is 0.638. The van der Waals surface area contributed by atoms with E-state index in [1.54, 1.807) is 17.0 Å². The molecule has 176 valence electrons. The van der Waals surface area contributed by atoms with Crippen molar-refractivity contribution in [1.82, 2.24) is 25.1 Å². The fourth-order valence-electron chi connectivity index (χ4n) is 4.12. The molecule has 3 heterocycles.